The summed E-state index contributed by atoms with van der Waals surface area (Å²) in [6, 6.07) is 7.09. The van der Waals surface area contributed by atoms with Crippen molar-refractivity contribution < 1.29 is 27.4 Å². The number of hydrogen-bond donors (Lipinski definition) is 1. The number of thiazole rings is 1. The monoisotopic (exact) mass is 452 g/mol. The zero-order valence-electron chi connectivity index (χ0n) is 16.7. The molecule has 3 rings (SSSR count). The van der Waals surface area contributed by atoms with Gasteiger partial charge in [-0.3, -0.25) is 14.1 Å². The Hall–Kier alpha value is -3.05. The van der Waals surface area contributed by atoms with Crippen molar-refractivity contribution >= 4 is 43.2 Å². The standard InChI is InChI=1S/C19H20N2O7S2/c1-5-21-14-7-6-11(8-17(14)29-19(21)23)30(24,25)20-13-10-16(27-3)15(26-2)9-12(13)18(22)28-4/h6-10,20H,5H2,1-4H3. The topological polar surface area (TPSA) is 113 Å². The molecule has 1 aromatic heterocycles. The van der Waals surface area contributed by atoms with Gasteiger partial charge in [0.2, 0.25) is 0 Å². The molecular formula is C19H20N2O7S2. The third-order valence-corrected chi connectivity index (χ3v) is 6.74. The molecule has 0 bridgehead atoms. The number of ether oxygens (including phenoxy) is 3. The molecule has 0 aliphatic carbocycles. The van der Waals surface area contributed by atoms with Crippen molar-refractivity contribution in [2.24, 2.45) is 0 Å². The molecule has 160 valence electrons. The number of sulfonamides is 1. The van der Waals surface area contributed by atoms with Crippen molar-refractivity contribution in [3.05, 3.63) is 45.6 Å². The highest BCUT2D eigenvalue weighted by molar-refractivity contribution is 7.92. The van der Waals surface area contributed by atoms with Gasteiger partial charge in [-0.1, -0.05) is 11.3 Å². The van der Waals surface area contributed by atoms with E-state index in [-0.39, 0.29) is 32.5 Å². The van der Waals surface area contributed by atoms with Gasteiger partial charge in [0.05, 0.1) is 47.7 Å². The molecule has 0 spiro atoms. The number of carbonyl (C=O) groups is 1. The predicted octanol–water partition coefficient (Wildman–Crippen LogP) is 2.69. The first kappa shape index (κ1) is 21.7. The molecule has 0 aliphatic rings. The summed E-state index contributed by atoms with van der Waals surface area (Å²) in [6.45, 7) is 2.32. The number of fused-ring (bicyclic) bond motifs is 1. The Labute approximate surface area is 176 Å². The highest BCUT2D eigenvalue weighted by atomic mass is 32.2. The van der Waals surface area contributed by atoms with Crippen LogP contribution in [-0.4, -0.2) is 40.3 Å². The molecule has 0 unspecified atom stereocenters. The number of methoxy groups -OCH3 is 3. The van der Waals surface area contributed by atoms with Crippen LogP contribution in [0.4, 0.5) is 5.69 Å². The summed E-state index contributed by atoms with van der Waals surface area (Å²) < 4.78 is 45.7. The molecule has 30 heavy (non-hydrogen) atoms. The summed E-state index contributed by atoms with van der Waals surface area (Å²) >= 11 is 0.967. The molecule has 9 nitrogen and oxygen atoms in total. The van der Waals surface area contributed by atoms with E-state index in [4.69, 9.17) is 14.2 Å². The van der Waals surface area contributed by atoms with Gasteiger partial charge in [-0.15, -0.1) is 0 Å². The molecular weight excluding hydrogens is 432 g/mol. The predicted molar refractivity (Wildman–Crippen MR) is 113 cm³/mol. The van der Waals surface area contributed by atoms with E-state index in [0.29, 0.717) is 16.8 Å². The highest BCUT2D eigenvalue weighted by Gasteiger charge is 2.23. The zero-order valence-corrected chi connectivity index (χ0v) is 18.3. The lowest BCUT2D eigenvalue weighted by Gasteiger charge is -2.15. The molecule has 11 heteroatoms. The Morgan fingerprint density at radius 2 is 1.77 bits per heavy atom. The first-order chi connectivity index (χ1) is 14.2. The molecule has 0 saturated heterocycles. The summed E-state index contributed by atoms with van der Waals surface area (Å²) in [5.74, 6) is -0.271. The SMILES string of the molecule is CCn1c(=O)sc2cc(S(=O)(=O)Nc3cc(OC)c(OC)cc3C(=O)OC)ccc21. The van der Waals surface area contributed by atoms with Crippen LogP contribution in [0.2, 0.25) is 0 Å². The Morgan fingerprint density at radius 3 is 2.37 bits per heavy atom. The van der Waals surface area contributed by atoms with Gasteiger partial charge >= 0.3 is 10.8 Å². The molecule has 0 radical (unpaired) electrons. The number of benzene rings is 2. The summed E-state index contributed by atoms with van der Waals surface area (Å²) in [4.78, 5) is 24.0. The van der Waals surface area contributed by atoms with Crippen LogP contribution in [0.15, 0.2) is 40.0 Å². The molecule has 0 fully saturated rings. The second-order valence-electron chi connectivity index (χ2n) is 6.09. The normalized spacial score (nSPS) is 11.3. The maximum absolute atomic E-state index is 13.0. The van der Waals surface area contributed by atoms with Gasteiger partial charge in [-0.2, -0.15) is 0 Å². The van der Waals surface area contributed by atoms with Gasteiger partial charge in [0.1, 0.15) is 0 Å². The highest BCUT2D eigenvalue weighted by Crippen LogP contribution is 2.35. The van der Waals surface area contributed by atoms with Crippen molar-refractivity contribution in [2.75, 3.05) is 26.1 Å². The Morgan fingerprint density at radius 1 is 1.10 bits per heavy atom. The van der Waals surface area contributed by atoms with E-state index in [9.17, 15) is 18.0 Å². The first-order valence-electron chi connectivity index (χ1n) is 8.76. The molecule has 0 amide bonds. The molecule has 2 aromatic carbocycles. The molecule has 0 atom stereocenters. The lowest BCUT2D eigenvalue weighted by atomic mass is 10.1. The molecule has 3 aromatic rings. The second kappa shape index (κ2) is 8.36. The fraction of sp³-hybridized carbons (Fsp3) is 0.263. The van der Waals surface area contributed by atoms with Crippen LogP contribution in [0.25, 0.3) is 10.2 Å². The summed E-state index contributed by atoms with van der Waals surface area (Å²) in [7, 11) is -0.111. The minimum Gasteiger partial charge on any atom is -0.493 e. The third-order valence-electron chi connectivity index (χ3n) is 4.44. The average molecular weight is 453 g/mol. The minimum atomic E-state index is -4.08. The van der Waals surface area contributed by atoms with Crippen LogP contribution >= 0.6 is 11.3 Å². The van der Waals surface area contributed by atoms with Gasteiger partial charge < -0.3 is 14.2 Å². The number of anilines is 1. The Balaban J connectivity index is 2.09. The molecule has 0 saturated carbocycles. The van der Waals surface area contributed by atoms with Crippen molar-refractivity contribution in [3.8, 4) is 11.5 Å². The van der Waals surface area contributed by atoms with Gasteiger partial charge in [-0.05, 0) is 25.1 Å². The van der Waals surface area contributed by atoms with E-state index in [0.717, 1.165) is 11.3 Å². The van der Waals surface area contributed by atoms with E-state index in [1.807, 2.05) is 6.92 Å². The van der Waals surface area contributed by atoms with Crippen molar-refractivity contribution in [1.82, 2.24) is 4.57 Å². The van der Waals surface area contributed by atoms with E-state index in [2.05, 4.69) is 4.72 Å². The van der Waals surface area contributed by atoms with Crippen LogP contribution in [0.5, 0.6) is 11.5 Å². The quantitative estimate of drug-likeness (QED) is 0.548. The summed E-state index contributed by atoms with van der Waals surface area (Å²) in [6.07, 6.45) is 0. The first-order valence-corrected chi connectivity index (χ1v) is 11.1. The van der Waals surface area contributed by atoms with Crippen molar-refractivity contribution in [1.29, 1.82) is 0 Å². The average Bonchev–Trinajstić information content (AvgIpc) is 3.06. The van der Waals surface area contributed by atoms with Crippen LogP contribution in [-0.2, 0) is 21.3 Å². The summed E-state index contributed by atoms with van der Waals surface area (Å²) in [5, 5.41) is 0. The molecule has 1 N–H and O–H groups in total. The van der Waals surface area contributed by atoms with Crippen molar-refractivity contribution in [3.63, 3.8) is 0 Å². The number of hydrogen-bond acceptors (Lipinski definition) is 8. The second-order valence-corrected chi connectivity index (χ2v) is 8.77. The van der Waals surface area contributed by atoms with Gasteiger partial charge in [0, 0.05) is 18.7 Å². The number of nitrogens with zero attached hydrogens (tertiary/aromatic N) is 1. The van der Waals surface area contributed by atoms with Gasteiger partial charge in [0.15, 0.2) is 11.5 Å². The third kappa shape index (κ3) is 3.85. The van der Waals surface area contributed by atoms with Crippen LogP contribution in [0.3, 0.4) is 0 Å². The smallest absolute Gasteiger partial charge is 0.340 e. The van der Waals surface area contributed by atoms with Crippen molar-refractivity contribution in [2.45, 2.75) is 18.4 Å². The lowest BCUT2D eigenvalue weighted by molar-refractivity contribution is 0.0601. The maximum Gasteiger partial charge on any atom is 0.340 e. The minimum absolute atomic E-state index is 0.0288. The van der Waals surface area contributed by atoms with E-state index in [1.165, 1.54) is 45.6 Å². The number of rotatable bonds is 7. The van der Waals surface area contributed by atoms with Crippen LogP contribution in [0, 0.1) is 0 Å². The Kier molecular flexibility index (Phi) is 6.04. The Bertz CT molecular complexity index is 1280. The van der Waals surface area contributed by atoms with Gasteiger partial charge in [-0.25, -0.2) is 13.2 Å². The number of aromatic nitrogens is 1. The summed E-state index contributed by atoms with van der Waals surface area (Å²) in [5.41, 5.74) is 0.591. The maximum atomic E-state index is 13.0. The number of aryl methyl sites for hydroxylation is 1. The van der Waals surface area contributed by atoms with Crippen LogP contribution in [0.1, 0.15) is 17.3 Å². The number of esters is 1. The van der Waals surface area contributed by atoms with E-state index in [1.54, 1.807) is 10.6 Å². The van der Waals surface area contributed by atoms with Gasteiger partial charge in [0.25, 0.3) is 10.0 Å². The van der Waals surface area contributed by atoms with Crippen LogP contribution < -0.4 is 19.1 Å². The number of carbonyl (C=O) groups excluding carboxylic acids is 1. The van der Waals surface area contributed by atoms with E-state index < -0.39 is 16.0 Å². The fourth-order valence-corrected chi connectivity index (χ4v) is 5.12. The van der Waals surface area contributed by atoms with E-state index >= 15 is 0 Å². The lowest BCUT2D eigenvalue weighted by Crippen LogP contribution is -2.16. The molecule has 1 heterocycles. The molecule has 0 aliphatic heterocycles. The number of nitrogens with one attached hydrogen (secondary N) is 1. The largest absolute Gasteiger partial charge is 0.493 e. The fourth-order valence-electron chi connectivity index (χ4n) is 2.96. The zero-order chi connectivity index (χ0) is 22.1.